The third-order valence-electron chi connectivity index (χ3n) is 18.8. The molecular formula is C52H108Cl12N18O25. The molecule has 55 heteroatoms. The van der Waals surface area contributed by atoms with Crippen molar-refractivity contribution in [3.63, 3.8) is 0 Å². The predicted octanol–water partition coefficient (Wildman–Crippen LogP) is -12.1. The number of hydrogen-bond acceptors (Lipinski definition) is 41. The largest absolute Gasteiger partial charge is 0.389 e. The summed E-state index contributed by atoms with van der Waals surface area (Å²) in [5, 5.41) is 149. The van der Waals surface area contributed by atoms with Gasteiger partial charge < -0.3 is 192 Å². The van der Waals surface area contributed by atoms with E-state index in [0.29, 0.717) is 0 Å². The van der Waals surface area contributed by atoms with Crippen molar-refractivity contribution in [1.29, 1.82) is 0 Å². The van der Waals surface area contributed by atoms with Crippen LogP contribution in [0.1, 0.15) is 24.2 Å². The van der Waals surface area contributed by atoms with E-state index in [1.807, 2.05) is 0 Å². The molecule has 2 aromatic heterocycles. The molecule has 0 unspecified atom stereocenters. The number of rotatable bonds is 24. The fourth-order valence-electron chi connectivity index (χ4n) is 13.1. The van der Waals surface area contributed by atoms with E-state index in [9.17, 15) is 61.3 Å². The molecule has 2 aromatic rings. The Morgan fingerprint density at radius 3 is 0.813 bits per heavy atom. The predicted molar refractivity (Wildman–Crippen MR) is 398 cm³/mol. The average molecular weight is 1810 g/mol. The van der Waals surface area contributed by atoms with Gasteiger partial charge in [0.25, 0.3) is 0 Å². The van der Waals surface area contributed by atoms with Crippen LogP contribution in [-0.4, -0.2) is 350 Å². The molecule has 8 fully saturated rings. The highest BCUT2D eigenvalue weighted by Crippen LogP contribution is 2.38. The number of hydrogen-bond donors (Lipinski definition) is 24. The summed E-state index contributed by atoms with van der Waals surface area (Å²) in [5.74, 6) is 0. The van der Waals surface area contributed by atoms with Gasteiger partial charge in [0, 0.05) is 50.3 Å². The second-order valence-electron chi connectivity index (χ2n) is 25.5. The zero-order chi connectivity index (χ0) is 68.8. The van der Waals surface area contributed by atoms with Crippen LogP contribution in [0, 0.1) is 0 Å². The highest BCUT2D eigenvalue weighted by Gasteiger charge is 2.58. The number of ether oxygens (including phenoxy) is 13. The first kappa shape index (κ1) is 111. The molecular weight excluding hydrogens is 1700 g/mol. The number of aromatic nitrogens is 6. The maximum absolute atomic E-state index is 12.0. The van der Waals surface area contributed by atoms with Gasteiger partial charge in [0.1, 0.15) is 146 Å². The number of halogens is 12. The molecule has 2 saturated carbocycles. The van der Waals surface area contributed by atoms with Gasteiger partial charge >= 0.3 is 0 Å². The summed E-state index contributed by atoms with van der Waals surface area (Å²) in [6.45, 7) is -1.77. The zero-order valence-electron chi connectivity index (χ0n) is 56.3. The Bertz CT molecular complexity index is 2590. The Morgan fingerprint density at radius 1 is 0.308 bits per heavy atom. The van der Waals surface area contributed by atoms with Crippen LogP contribution in [0.5, 0.6) is 0 Å². The number of nitrogens with two attached hydrogens (primary N) is 12. The summed E-state index contributed by atoms with van der Waals surface area (Å²) < 4.78 is 82.0. The minimum atomic E-state index is -1.74. The molecule has 0 amide bonds. The van der Waals surface area contributed by atoms with E-state index in [4.69, 9.17) is 130 Å². The third kappa shape index (κ3) is 24.7. The Kier molecular flexibility index (Phi) is 50.9. The molecule has 6 saturated heterocycles. The van der Waals surface area contributed by atoms with Crippen LogP contribution < -0.4 is 68.8 Å². The molecule has 36 N–H and O–H groups in total. The number of aliphatic hydroxyl groups is 12. The maximum Gasteiger partial charge on any atom is 0.187 e. The van der Waals surface area contributed by atoms with Crippen molar-refractivity contribution < 1.29 is 123 Å². The van der Waals surface area contributed by atoms with Gasteiger partial charge in [-0.3, -0.25) is 0 Å². The van der Waals surface area contributed by atoms with Crippen LogP contribution in [0.2, 0.25) is 0 Å². The molecule has 0 spiro atoms. The van der Waals surface area contributed by atoms with Gasteiger partial charge in [-0.1, -0.05) is 10.4 Å². The average Bonchev–Trinajstić information content (AvgIpc) is 1.71. The minimum Gasteiger partial charge on any atom is -0.389 e. The normalized spacial score (nSPS) is 43.6. The molecule has 8 aliphatic rings. The van der Waals surface area contributed by atoms with Crippen LogP contribution >= 0.6 is 149 Å². The second-order valence-corrected chi connectivity index (χ2v) is 25.5. The Morgan fingerprint density at radius 2 is 0.551 bits per heavy atom. The first-order chi connectivity index (χ1) is 45.2. The van der Waals surface area contributed by atoms with E-state index in [1.165, 1.54) is 21.8 Å². The summed E-state index contributed by atoms with van der Waals surface area (Å²) in [7, 11) is 0. The third-order valence-corrected chi connectivity index (χ3v) is 18.8. The number of nitrogens with zero attached hydrogens (tertiary/aromatic N) is 6. The SMILES string of the molecule is Cl.Cl.Cl.Cl.Cl.Cl.Cl.Cl.Cl.Cl.Cl.Cl.NC[C@@H]1O[C@@H](O[C@H]2[C@@H](O)[C@H](O[C@H]3[C@H](O)[C@@H](N)C[C@@H](N)[C@@H]3O[C@H]3O[C@H](CN)[C@@H](O)[C@H](O)[C@H]3N)O[C@@H]2Cn2cc(COCc3cn(C[C@H]4O[C@@H](O[C@@H]5[C@@H](O)[C@H](N)C[C@H](N)[C@H]5O[C@H]5O[C@H](CN)[C@@H](O)[C@H](O)[C@H]5N)[C@H](O)[C@@H]4O[C@@H]4O[C@H](CN)[C@H](O)[C@@H](O)[C@@H]4N)nn3)nn2)[C@@H](N)[C@H](O)[C@H]1O. The Labute approximate surface area is 687 Å². The Hall–Kier alpha value is 0.280. The fraction of sp³-hybridized carbons (Fsp3) is 0.923. The molecule has 8 heterocycles. The lowest BCUT2D eigenvalue weighted by atomic mass is 9.84. The smallest absolute Gasteiger partial charge is 0.187 e. The first-order valence-corrected chi connectivity index (χ1v) is 31.4. The van der Waals surface area contributed by atoms with Crippen molar-refractivity contribution in [2.24, 2.45) is 68.8 Å². The highest BCUT2D eigenvalue weighted by atomic mass is 35.5. The molecule has 10 rings (SSSR count). The van der Waals surface area contributed by atoms with E-state index in [1.54, 1.807) is 0 Å². The fourth-order valence-corrected chi connectivity index (χ4v) is 13.1. The lowest BCUT2D eigenvalue weighted by molar-refractivity contribution is -0.306. The van der Waals surface area contributed by atoms with E-state index in [-0.39, 0.29) is 226 Å². The van der Waals surface area contributed by atoms with Crippen LogP contribution in [0.4, 0.5) is 0 Å². The molecule has 43 nitrogen and oxygen atoms in total. The van der Waals surface area contributed by atoms with Gasteiger partial charge in [-0.15, -0.1) is 159 Å². The molecule has 6 aliphatic heterocycles. The van der Waals surface area contributed by atoms with E-state index < -0.39 is 233 Å². The lowest BCUT2D eigenvalue weighted by Gasteiger charge is -2.47. The topological polar surface area (TPSA) is 736 Å². The summed E-state index contributed by atoms with van der Waals surface area (Å²) in [4.78, 5) is 0. The molecule has 38 atom stereocenters. The van der Waals surface area contributed by atoms with Gasteiger partial charge in [-0.05, 0) is 12.8 Å². The Balaban J connectivity index is -0.00000901. The molecule has 0 radical (unpaired) electrons. The van der Waals surface area contributed by atoms with Crippen LogP contribution in [0.3, 0.4) is 0 Å². The van der Waals surface area contributed by atoms with Crippen molar-refractivity contribution in [3.05, 3.63) is 23.8 Å². The van der Waals surface area contributed by atoms with Crippen molar-refractivity contribution in [1.82, 2.24) is 30.0 Å². The van der Waals surface area contributed by atoms with Gasteiger partial charge in [0.2, 0.25) is 0 Å². The molecule has 0 aromatic carbocycles. The molecule has 640 valence electrons. The van der Waals surface area contributed by atoms with Gasteiger partial charge in [0.15, 0.2) is 37.7 Å². The van der Waals surface area contributed by atoms with E-state index in [2.05, 4.69) is 20.6 Å². The maximum atomic E-state index is 12.0. The standard InChI is InChI=1S/C52H96N18O25.12ClH/c53-3-19-31(73)35(77)25(61)47(84-19)90-41-17(59)1-15(57)29(71)45(41)94-51-39(81)43(92-49-27(63)37(79)33(75)21(5-55)86-49)23(88-51)9-69-7-13(65-67-69)11-83-12-14-8-70(68-66-14)10-24-44(93-50-28(64)38(80)34(76)22(6-56)87-50)40(82)52(89-24)95-46-30(72)16(58)2-18(60)42(46)91-48-26(62)36(78)32(74)20(4-54)85-48;;;;;;;;;;;;/h7-8,15-52,71-82H,1-6,9-12,53-64H2;12*1H/t15-,16+,17+,18-,19-,20-,21-,22+,23-,24-,25-,26-,27+,28+,29+,30-,31-,32-,33+,34+,35-,36-,37+,38+,39-,40-,41-,42+,43-,44-,45-,46+,47-,48-,49+,50+,51+,52+;;;;;;;;;;;;/m1............/s1. The van der Waals surface area contributed by atoms with Gasteiger partial charge in [0.05, 0.1) is 75.1 Å². The van der Waals surface area contributed by atoms with Crippen molar-refractivity contribution in [2.75, 3.05) is 26.2 Å². The highest BCUT2D eigenvalue weighted by molar-refractivity contribution is 5.87. The van der Waals surface area contributed by atoms with Crippen LogP contribution in [0.25, 0.3) is 0 Å². The molecule has 2 aliphatic carbocycles. The molecule has 107 heavy (non-hydrogen) atoms. The van der Waals surface area contributed by atoms with Crippen LogP contribution in [-0.2, 0) is 87.9 Å². The van der Waals surface area contributed by atoms with E-state index >= 15 is 0 Å². The summed E-state index contributed by atoms with van der Waals surface area (Å²) in [5.41, 5.74) is 74.5. The minimum absolute atomic E-state index is 0. The zero-order valence-corrected chi connectivity index (χ0v) is 66.1. The van der Waals surface area contributed by atoms with E-state index in [0.717, 1.165) is 0 Å². The quantitative estimate of drug-likeness (QED) is 0.0464. The monoisotopic (exact) mass is 1800 g/mol. The lowest BCUT2D eigenvalue weighted by Crippen LogP contribution is -2.68. The summed E-state index contributed by atoms with van der Waals surface area (Å²) >= 11 is 0. The summed E-state index contributed by atoms with van der Waals surface area (Å²) in [6, 6.07) is -9.30. The van der Waals surface area contributed by atoms with Crippen LogP contribution in [0.15, 0.2) is 12.4 Å². The van der Waals surface area contributed by atoms with Crippen molar-refractivity contribution >= 4 is 149 Å². The summed E-state index contributed by atoms with van der Waals surface area (Å²) in [6.07, 6.45) is -40.2. The van der Waals surface area contributed by atoms with Gasteiger partial charge in [-0.25, -0.2) is 9.36 Å². The molecule has 0 bridgehead atoms. The second kappa shape index (κ2) is 48.9. The number of aliphatic hydroxyl groups excluding tert-OH is 12. The first-order valence-electron chi connectivity index (χ1n) is 31.4. The van der Waals surface area contributed by atoms with Gasteiger partial charge in [-0.2, -0.15) is 0 Å². The van der Waals surface area contributed by atoms with Crippen molar-refractivity contribution in [2.45, 2.75) is 272 Å². The van der Waals surface area contributed by atoms with Crippen molar-refractivity contribution in [3.8, 4) is 0 Å².